The number of hydrogen-bond donors (Lipinski definition) is 1. The molecule has 2 rings (SSSR count). The Kier molecular flexibility index (Phi) is 2.77. The van der Waals surface area contributed by atoms with Crippen LogP contribution in [-0.2, 0) is 10.1 Å². The predicted molar refractivity (Wildman–Crippen MR) is 64.5 cm³/mol. The standard InChI is InChI=1S/C12H10O3S/c13-16(14,15)8-7-10-5-6-11-3-1-2-4-12(11)9-10/h1-9H,(H,13,14,15). The molecule has 0 radical (unpaired) electrons. The summed E-state index contributed by atoms with van der Waals surface area (Å²) in [5.74, 6) is 0. The van der Waals surface area contributed by atoms with Crippen molar-refractivity contribution < 1.29 is 13.0 Å². The van der Waals surface area contributed by atoms with Gasteiger partial charge >= 0.3 is 0 Å². The van der Waals surface area contributed by atoms with Crippen LogP contribution in [0, 0.1) is 0 Å². The van der Waals surface area contributed by atoms with Crippen LogP contribution in [0.4, 0.5) is 0 Å². The van der Waals surface area contributed by atoms with Gasteiger partial charge in [-0.05, 0) is 28.5 Å². The summed E-state index contributed by atoms with van der Waals surface area (Å²) in [5.41, 5.74) is 0.733. The molecular formula is C12H10O3S. The maximum atomic E-state index is 10.5. The van der Waals surface area contributed by atoms with E-state index >= 15 is 0 Å². The highest BCUT2D eigenvalue weighted by molar-refractivity contribution is 7.88. The van der Waals surface area contributed by atoms with E-state index in [1.807, 2.05) is 36.4 Å². The van der Waals surface area contributed by atoms with Crippen LogP contribution in [0.2, 0.25) is 0 Å². The predicted octanol–water partition coefficient (Wildman–Crippen LogP) is 2.70. The van der Waals surface area contributed by atoms with Crippen molar-refractivity contribution in [3.05, 3.63) is 53.4 Å². The molecule has 0 spiro atoms. The van der Waals surface area contributed by atoms with E-state index in [0.29, 0.717) is 0 Å². The van der Waals surface area contributed by atoms with Crippen molar-refractivity contribution in [2.24, 2.45) is 0 Å². The SMILES string of the molecule is O=S(=O)(O)C=Cc1ccc2ccccc2c1. The molecule has 0 fully saturated rings. The molecule has 0 aliphatic rings. The molecule has 16 heavy (non-hydrogen) atoms. The van der Waals surface area contributed by atoms with Gasteiger partial charge in [0.05, 0.1) is 5.41 Å². The van der Waals surface area contributed by atoms with Gasteiger partial charge in [0.15, 0.2) is 0 Å². The van der Waals surface area contributed by atoms with Crippen LogP contribution in [0.5, 0.6) is 0 Å². The first-order valence-corrected chi connectivity index (χ1v) is 6.19. The average molecular weight is 234 g/mol. The topological polar surface area (TPSA) is 54.4 Å². The molecule has 2 aromatic rings. The molecule has 0 saturated carbocycles. The minimum atomic E-state index is -4.06. The third-order valence-electron chi connectivity index (χ3n) is 2.21. The zero-order valence-corrected chi connectivity index (χ0v) is 9.18. The van der Waals surface area contributed by atoms with Gasteiger partial charge in [-0.1, -0.05) is 36.4 Å². The fourth-order valence-electron chi connectivity index (χ4n) is 1.48. The smallest absolute Gasteiger partial charge is 0.282 e. The molecule has 0 aliphatic carbocycles. The highest BCUT2D eigenvalue weighted by Gasteiger charge is 1.97. The molecule has 0 unspecified atom stereocenters. The second-order valence-corrected chi connectivity index (χ2v) is 4.73. The minimum Gasteiger partial charge on any atom is -0.282 e. The van der Waals surface area contributed by atoms with E-state index in [0.717, 1.165) is 21.7 Å². The third-order valence-corrected chi connectivity index (χ3v) is 2.69. The second kappa shape index (κ2) is 4.08. The van der Waals surface area contributed by atoms with Gasteiger partial charge < -0.3 is 0 Å². The van der Waals surface area contributed by atoms with Crippen LogP contribution in [0.15, 0.2) is 47.9 Å². The Labute approximate surface area is 93.8 Å². The van der Waals surface area contributed by atoms with E-state index in [9.17, 15) is 8.42 Å². The van der Waals surface area contributed by atoms with Gasteiger partial charge in [0.2, 0.25) is 0 Å². The number of hydrogen-bond acceptors (Lipinski definition) is 2. The maximum Gasteiger partial charge on any atom is 0.287 e. The monoisotopic (exact) mass is 234 g/mol. The summed E-state index contributed by atoms with van der Waals surface area (Å²) in [7, 11) is -4.06. The Morgan fingerprint density at radius 2 is 1.69 bits per heavy atom. The van der Waals surface area contributed by atoms with Crippen molar-refractivity contribution in [3.63, 3.8) is 0 Å². The molecule has 0 atom stereocenters. The molecular weight excluding hydrogens is 224 g/mol. The van der Waals surface area contributed by atoms with Crippen molar-refractivity contribution in [3.8, 4) is 0 Å². The average Bonchev–Trinajstić information content (AvgIpc) is 2.25. The van der Waals surface area contributed by atoms with Crippen LogP contribution in [0.25, 0.3) is 16.8 Å². The summed E-state index contributed by atoms with van der Waals surface area (Å²) in [6, 6.07) is 13.3. The third kappa shape index (κ3) is 2.68. The number of fused-ring (bicyclic) bond motifs is 1. The van der Waals surface area contributed by atoms with Crippen molar-refractivity contribution in [2.45, 2.75) is 0 Å². The lowest BCUT2D eigenvalue weighted by Crippen LogP contribution is -1.88. The highest BCUT2D eigenvalue weighted by atomic mass is 32.2. The van der Waals surface area contributed by atoms with Crippen LogP contribution < -0.4 is 0 Å². The molecule has 0 aromatic heterocycles. The summed E-state index contributed by atoms with van der Waals surface area (Å²) in [4.78, 5) is 0. The summed E-state index contributed by atoms with van der Waals surface area (Å²) >= 11 is 0. The Hall–Kier alpha value is -1.65. The van der Waals surface area contributed by atoms with Crippen LogP contribution in [0.1, 0.15) is 5.56 Å². The van der Waals surface area contributed by atoms with Crippen molar-refractivity contribution in [1.82, 2.24) is 0 Å². The normalized spacial score (nSPS) is 12.3. The van der Waals surface area contributed by atoms with Crippen LogP contribution >= 0.6 is 0 Å². The molecule has 0 bridgehead atoms. The molecule has 2 aromatic carbocycles. The van der Waals surface area contributed by atoms with Crippen molar-refractivity contribution in [2.75, 3.05) is 0 Å². The summed E-state index contributed by atoms with van der Waals surface area (Å²) in [5, 5.41) is 2.89. The molecule has 1 N–H and O–H groups in total. The fourth-order valence-corrected chi connectivity index (χ4v) is 1.81. The van der Waals surface area contributed by atoms with E-state index in [1.165, 1.54) is 6.08 Å². The lowest BCUT2D eigenvalue weighted by molar-refractivity contribution is 0.494. The molecule has 3 nitrogen and oxygen atoms in total. The van der Waals surface area contributed by atoms with Gasteiger partial charge in [-0.25, -0.2) is 0 Å². The quantitative estimate of drug-likeness (QED) is 0.813. The van der Waals surface area contributed by atoms with Crippen molar-refractivity contribution in [1.29, 1.82) is 0 Å². The Morgan fingerprint density at radius 1 is 1.00 bits per heavy atom. The van der Waals surface area contributed by atoms with E-state index in [4.69, 9.17) is 4.55 Å². The second-order valence-electron chi connectivity index (χ2n) is 3.42. The first-order chi connectivity index (χ1) is 7.54. The van der Waals surface area contributed by atoms with Gasteiger partial charge in [0.1, 0.15) is 0 Å². The minimum absolute atomic E-state index is 0.733. The van der Waals surface area contributed by atoms with Gasteiger partial charge in [0, 0.05) is 0 Å². The summed E-state index contributed by atoms with van der Waals surface area (Å²) in [6.07, 6.45) is 1.36. The van der Waals surface area contributed by atoms with Gasteiger partial charge in [0.25, 0.3) is 10.1 Å². The van der Waals surface area contributed by atoms with Gasteiger partial charge in [-0.2, -0.15) is 8.42 Å². The molecule has 4 heteroatoms. The zero-order valence-electron chi connectivity index (χ0n) is 8.37. The lowest BCUT2D eigenvalue weighted by atomic mass is 10.1. The number of rotatable bonds is 2. The van der Waals surface area contributed by atoms with Gasteiger partial charge in [-0.3, -0.25) is 4.55 Å². The summed E-state index contributed by atoms with van der Waals surface area (Å²) in [6.45, 7) is 0. The van der Waals surface area contributed by atoms with E-state index in [1.54, 1.807) is 6.07 Å². The van der Waals surface area contributed by atoms with Crippen LogP contribution in [0.3, 0.4) is 0 Å². The molecule has 0 saturated heterocycles. The fraction of sp³-hybridized carbons (Fsp3) is 0. The highest BCUT2D eigenvalue weighted by Crippen LogP contribution is 2.16. The molecule has 82 valence electrons. The summed E-state index contributed by atoms with van der Waals surface area (Å²) < 4.78 is 29.7. The first kappa shape index (κ1) is 10.9. The Balaban J connectivity index is 2.44. The van der Waals surface area contributed by atoms with Gasteiger partial charge in [-0.15, -0.1) is 0 Å². The van der Waals surface area contributed by atoms with E-state index in [2.05, 4.69) is 0 Å². The van der Waals surface area contributed by atoms with Crippen molar-refractivity contribution >= 4 is 27.0 Å². The van der Waals surface area contributed by atoms with Crippen LogP contribution in [-0.4, -0.2) is 13.0 Å². The first-order valence-electron chi connectivity index (χ1n) is 4.69. The largest absolute Gasteiger partial charge is 0.287 e. The molecule has 0 amide bonds. The van der Waals surface area contributed by atoms with E-state index in [-0.39, 0.29) is 0 Å². The van der Waals surface area contributed by atoms with E-state index < -0.39 is 10.1 Å². The Morgan fingerprint density at radius 3 is 2.38 bits per heavy atom. The zero-order chi connectivity index (χ0) is 11.6. The Bertz CT molecular complexity index is 642. The molecule has 0 aliphatic heterocycles. The molecule has 0 heterocycles. The number of benzene rings is 2. The maximum absolute atomic E-state index is 10.5. The lowest BCUT2D eigenvalue weighted by Gasteiger charge is -1.98.